The van der Waals surface area contributed by atoms with Crippen molar-refractivity contribution < 1.29 is 27.9 Å². The van der Waals surface area contributed by atoms with Crippen LogP contribution >= 0.6 is 0 Å². The summed E-state index contributed by atoms with van der Waals surface area (Å²) in [7, 11) is 0. The minimum atomic E-state index is -0.830. The van der Waals surface area contributed by atoms with Crippen LogP contribution < -0.4 is 15.4 Å². The Hall–Kier alpha value is -3.29. The zero-order valence-electron chi connectivity index (χ0n) is 14.1. The van der Waals surface area contributed by atoms with E-state index in [1.807, 2.05) is 0 Å². The molecule has 0 aliphatic rings. The standard InChI is InChI=1S/C18H16F2N2O4/c1-10(23)12-3-4-16(21-11(2)24)17(5-12)26-9-18(25)22-15-7-13(19)6-14(20)8-15/h3-8H,9H2,1-2H3,(H,21,24)(H,22,25). The number of benzene rings is 2. The van der Waals surface area contributed by atoms with Crippen LogP contribution in [-0.2, 0) is 9.59 Å². The summed E-state index contributed by atoms with van der Waals surface area (Å²) in [6, 6.07) is 6.98. The minimum absolute atomic E-state index is 0.0596. The second kappa shape index (κ2) is 8.19. The Kier molecular flexibility index (Phi) is 6.00. The van der Waals surface area contributed by atoms with E-state index in [1.54, 1.807) is 0 Å². The number of hydrogen-bond donors (Lipinski definition) is 2. The quantitative estimate of drug-likeness (QED) is 0.773. The Labute approximate surface area is 148 Å². The Morgan fingerprint density at radius 3 is 2.19 bits per heavy atom. The normalized spacial score (nSPS) is 10.2. The average Bonchev–Trinajstić information content (AvgIpc) is 2.52. The van der Waals surface area contributed by atoms with Crippen LogP contribution in [0, 0.1) is 11.6 Å². The third-order valence-corrected chi connectivity index (χ3v) is 3.20. The molecule has 0 radical (unpaired) electrons. The summed E-state index contributed by atoms with van der Waals surface area (Å²) < 4.78 is 31.6. The first-order valence-corrected chi connectivity index (χ1v) is 7.56. The lowest BCUT2D eigenvalue weighted by Gasteiger charge is -2.13. The average molecular weight is 362 g/mol. The molecule has 0 saturated carbocycles. The molecule has 0 saturated heterocycles. The number of amides is 2. The van der Waals surface area contributed by atoms with Gasteiger partial charge in [-0.1, -0.05) is 0 Å². The minimum Gasteiger partial charge on any atom is -0.482 e. The molecule has 0 aliphatic heterocycles. The van der Waals surface area contributed by atoms with E-state index in [9.17, 15) is 23.2 Å². The second-order valence-electron chi connectivity index (χ2n) is 5.44. The molecule has 0 unspecified atom stereocenters. The summed E-state index contributed by atoms with van der Waals surface area (Å²) in [5, 5.41) is 4.82. The Balaban J connectivity index is 2.11. The molecule has 0 fully saturated rings. The van der Waals surface area contributed by atoms with Crippen molar-refractivity contribution >= 4 is 29.0 Å². The van der Waals surface area contributed by atoms with E-state index >= 15 is 0 Å². The Bertz CT molecular complexity index is 848. The smallest absolute Gasteiger partial charge is 0.262 e. The van der Waals surface area contributed by atoms with Crippen LogP contribution in [0.2, 0.25) is 0 Å². The maximum absolute atomic E-state index is 13.1. The van der Waals surface area contributed by atoms with E-state index < -0.39 is 24.1 Å². The largest absolute Gasteiger partial charge is 0.482 e. The third kappa shape index (κ3) is 5.37. The van der Waals surface area contributed by atoms with Gasteiger partial charge in [-0.2, -0.15) is 0 Å². The first-order chi connectivity index (χ1) is 12.2. The predicted molar refractivity (Wildman–Crippen MR) is 91.2 cm³/mol. The van der Waals surface area contributed by atoms with Crippen molar-refractivity contribution in [1.29, 1.82) is 0 Å². The summed E-state index contributed by atoms with van der Waals surface area (Å²) >= 11 is 0. The summed E-state index contributed by atoms with van der Waals surface area (Å²) in [5.41, 5.74) is 0.560. The molecule has 8 heteroatoms. The highest BCUT2D eigenvalue weighted by molar-refractivity contribution is 5.97. The fourth-order valence-electron chi connectivity index (χ4n) is 2.12. The highest BCUT2D eigenvalue weighted by Crippen LogP contribution is 2.26. The van der Waals surface area contributed by atoms with E-state index in [-0.39, 0.29) is 28.8 Å². The van der Waals surface area contributed by atoms with Crippen molar-refractivity contribution in [3.05, 3.63) is 53.6 Å². The van der Waals surface area contributed by atoms with E-state index in [0.717, 1.165) is 12.1 Å². The van der Waals surface area contributed by atoms with Crippen LogP contribution in [0.1, 0.15) is 24.2 Å². The van der Waals surface area contributed by atoms with Gasteiger partial charge >= 0.3 is 0 Å². The SMILES string of the molecule is CC(=O)Nc1ccc(C(C)=O)cc1OCC(=O)Nc1cc(F)cc(F)c1. The number of carbonyl (C=O) groups excluding carboxylic acids is 3. The molecular weight excluding hydrogens is 346 g/mol. The lowest BCUT2D eigenvalue weighted by Crippen LogP contribution is -2.21. The van der Waals surface area contributed by atoms with Gasteiger partial charge in [0.1, 0.15) is 17.4 Å². The molecule has 0 aromatic heterocycles. The van der Waals surface area contributed by atoms with E-state index in [0.29, 0.717) is 11.6 Å². The first-order valence-electron chi connectivity index (χ1n) is 7.56. The topological polar surface area (TPSA) is 84.5 Å². The Morgan fingerprint density at radius 2 is 1.62 bits per heavy atom. The zero-order valence-corrected chi connectivity index (χ0v) is 14.1. The highest BCUT2D eigenvalue weighted by atomic mass is 19.1. The summed E-state index contributed by atoms with van der Waals surface area (Å²) in [4.78, 5) is 34.6. The lowest BCUT2D eigenvalue weighted by atomic mass is 10.1. The third-order valence-electron chi connectivity index (χ3n) is 3.20. The number of carbonyl (C=O) groups is 3. The first kappa shape index (κ1) is 19.0. The van der Waals surface area contributed by atoms with Crippen molar-refractivity contribution in [2.24, 2.45) is 0 Å². The molecular formula is C18H16F2N2O4. The number of ketones is 1. The molecule has 0 aliphatic carbocycles. The van der Waals surface area contributed by atoms with E-state index in [1.165, 1.54) is 32.0 Å². The number of hydrogen-bond acceptors (Lipinski definition) is 4. The molecule has 136 valence electrons. The van der Waals surface area contributed by atoms with Crippen LogP contribution in [0.25, 0.3) is 0 Å². The lowest BCUT2D eigenvalue weighted by molar-refractivity contribution is -0.118. The van der Waals surface area contributed by atoms with Gasteiger partial charge in [-0.05, 0) is 37.3 Å². The van der Waals surface area contributed by atoms with E-state index in [2.05, 4.69) is 10.6 Å². The predicted octanol–water partition coefficient (Wildman–Crippen LogP) is 3.14. The Morgan fingerprint density at radius 1 is 0.962 bits per heavy atom. The summed E-state index contributed by atoms with van der Waals surface area (Å²) in [6.07, 6.45) is 0. The molecule has 2 amide bonds. The zero-order chi connectivity index (χ0) is 19.3. The molecule has 0 bridgehead atoms. The number of ether oxygens (including phenoxy) is 1. The van der Waals surface area contributed by atoms with Gasteiger partial charge < -0.3 is 15.4 Å². The molecule has 2 rings (SSSR count). The van der Waals surface area contributed by atoms with Gasteiger partial charge in [-0.25, -0.2) is 8.78 Å². The highest BCUT2D eigenvalue weighted by Gasteiger charge is 2.12. The van der Waals surface area contributed by atoms with Crippen LogP contribution in [0.5, 0.6) is 5.75 Å². The number of anilines is 2. The number of halogens is 2. The molecule has 26 heavy (non-hydrogen) atoms. The van der Waals surface area contributed by atoms with Crippen LogP contribution in [0.3, 0.4) is 0 Å². The summed E-state index contributed by atoms with van der Waals surface area (Å²) in [6.45, 7) is 2.17. The summed E-state index contributed by atoms with van der Waals surface area (Å²) in [5.74, 6) is -2.79. The van der Waals surface area contributed by atoms with Gasteiger partial charge in [0.2, 0.25) is 5.91 Å². The van der Waals surface area contributed by atoms with Crippen LogP contribution in [0.4, 0.5) is 20.2 Å². The molecule has 0 spiro atoms. The number of rotatable bonds is 6. The van der Waals surface area contributed by atoms with Crippen molar-refractivity contribution in [1.82, 2.24) is 0 Å². The molecule has 6 nitrogen and oxygen atoms in total. The van der Waals surface area contributed by atoms with E-state index in [4.69, 9.17) is 4.74 Å². The van der Waals surface area contributed by atoms with Crippen LogP contribution in [0.15, 0.2) is 36.4 Å². The maximum Gasteiger partial charge on any atom is 0.262 e. The molecule has 0 heterocycles. The fourth-order valence-corrected chi connectivity index (χ4v) is 2.12. The van der Waals surface area contributed by atoms with Gasteiger partial charge in [0.25, 0.3) is 5.91 Å². The second-order valence-corrected chi connectivity index (χ2v) is 5.44. The molecule has 0 atom stereocenters. The van der Waals surface area contributed by atoms with Gasteiger partial charge in [0.05, 0.1) is 5.69 Å². The maximum atomic E-state index is 13.1. The van der Waals surface area contributed by atoms with Gasteiger partial charge in [-0.15, -0.1) is 0 Å². The van der Waals surface area contributed by atoms with Crippen molar-refractivity contribution in [3.63, 3.8) is 0 Å². The van der Waals surface area contributed by atoms with Crippen molar-refractivity contribution in [2.45, 2.75) is 13.8 Å². The molecule has 2 aromatic carbocycles. The number of Topliss-reactive ketones (excluding diaryl/α,β-unsaturated/α-hetero) is 1. The van der Waals surface area contributed by atoms with Crippen molar-refractivity contribution in [3.8, 4) is 5.75 Å². The molecule has 2 N–H and O–H groups in total. The monoisotopic (exact) mass is 362 g/mol. The molecule has 2 aromatic rings. The fraction of sp³-hybridized carbons (Fsp3) is 0.167. The van der Waals surface area contributed by atoms with Gasteiger partial charge in [-0.3, -0.25) is 14.4 Å². The number of nitrogens with one attached hydrogen (secondary N) is 2. The van der Waals surface area contributed by atoms with Gasteiger partial charge in [0, 0.05) is 24.2 Å². The van der Waals surface area contributed by atoms with Crippen molar-refractivity contribution in [2.75, 3.05) is 17.2 Å². The van der Waals surface area contributed by atoms with Gasteiger partial charge in [0.15, 0.2) is 12.4 Å². The van der Waals surface area contributed by atoms with Crippen LogP contribution in [-0.4, -0.2) is 24.2 Å².